The molecule has 3 rings (SSSR count). The third-order valence-electron chi connectivity index (χ3n) is 4.70. The molecule has 27 heavy (non-hydrogen) atoms. The van der Waals surface area contributed by atoms with Crippen molar-refractivity contribution in [3.05, 3.63) is 52.8 Å². The number of piperidine rings is 1. The summed E-state index contributed by atoms with van der Waals surface area (Å²) in [5.41, 5.74) is 0.0196. The van der Waals surface area contributed by atoms with E-state index < -0.39 is 17.7 Å². The first-order chi connectivity index (χ1) is 12.8. The van der Waals surface area contributed by atoms with Gasteiger partial charge in [0.15, 0.2) is 5.78 Å². The van der Waals surface area contributed by atoms with Crippen molar-refractivity contribution in [2.75, 3.05) is 13.1 Å². The molecular weight excluding hydrogens is 363 g/mol. The van der Waals surface area contributed by atoms with Crippen LogP contribution in [-0.2, 0) is 12.7 Å². The third kappa shape index (κ3) is 4.36. The summed E-state index contributed by atoms with van der Waals surface area (Å²) in [4.78, 5) is 25.8. The lowest BCUT2D eigenvalue weighted by Crippen LogP contribution is -2.38. The highest BCUT2D eigenvalue weighted by Crippen LogP contribution is 2.30. The molecule has 0 amide bonds. The van der Waals surface area contributed by atoms with Gasteiger partial charge in [0.25, 0.3) is 0 Å². The van der Waals surface area contributed by atoms with Crippen LogP contribution < -0.4 is 0 Å². The number of rotatable bonds is 5. The Balaban J connectivity index is 1.67. The summed E-state index contributed by atoms with van der Waals surface area (Å²) in [6.07, 6.45) is -1.59. The van der Waals surface area contributed by atoms with Crippen LogP contribution in [0.25, 0.3) is 0 Å². The van der Waals surface area contributed by atoms with E-state index in [2.05, 4.69) is 10.2 Å². The number of likely N-dealkylation sites (tertiary alicyclic amines) is 1. The quantitative estimate of drug-likeness (QED) is 0.777. The minimum atomic E-state index is -4.43. The summed E-state index contributed by atoms with van der Waals surface area (Å²) in [6, 6.07) is 4.25. The van der Waals surface area contributed by atoms with E-state index in [4.69, 9.17) is 5.11 Å². The highest BCUT2D eigenvalue weighted by atomic mass is 19.4. The minimum absolute atomic E-state index is 0.0196. The van der Waals surface area contributed by atoms with Gasteiger partial charge in [0.05, 0.1) is 11.8 Å². The normalized spacial score (nSPS) is 18.4. The van der Waals surface area contributed by atoms with E-state index in [0.717, 1.165) is 18.6 Å². The Morgan fingerprint density at radius 1 is 1.26 bits per heavy atom. The molecule has 2 N–H and O–H groups in total. The van der Waals surface area contributed by atoms with Gasteiger partial charge < -0.3 is 5.11 Å². The van der Waals surface area contributed by atoms with Gasteiger partial charge in [-0.15, -0.1) is 0 Å². The van der Waals surface area contributed by atoms with Crippen molar-refractivity contribution in [3.63, 3.8) is 0 Å². The molecule has 1 fully saturated rings. The van der Waals surface area contributed by atoms with Crippen LogP contribution in [0.3, 0.4) is 0 Å². The molecule has 0 saturated carbocycles. The molecule has 0 spiro atoms. The molecular formula is C18H18F3N3O3. The Labute approximate surface area is 153 Å². The molecule has 1 aliphatic rings. The number of nitrogens with one attached hydrogen (secondary N) is 1. The molecule has 9 heteroatoms. The fourth-order valence-corrected chi connectivity index (χ4v) is 3.33. The lowest BCUT2D eigenvalue weighted by molar-refractivity contribution is -0.137. The average molecular weight is 381 g/mol. The van der Waals surface area contributed by atoms with E-state index in [0.29, 0.717) is 31.6 Å². The van der Waals surface area contributed by atoms with Gasteiger partial charge >= 0.3 is 12.1 Å². The number of carbonyl (C=O) groups excluding carboxylic acids is 1. The standard InChI is InChI=1S/C18H18F3N3O3/c19-18(20,21)14-5-3-11(4-6-14)16(25)12-2-1-7-24(9-12)10-13-8-22-23-15(13)17(26)27/h3-6,8,12H,1-2,7,9-10H2,(H,22,23)(H,26,27). The molecule has 144 valence electrons. The SMILES string of the molecule is O=C(O)c1[nH]ncc1CN1CCCC(C(=O)c2ccc(C(F)(F)F)cc2)C1. The Kier molecular flexibility index (Phi) is 5.31. The number of carbonyl (C=O) groups is 2. The number of aromatic amines is 1. The number of ketones is 1. The summed E-state index contributed by atoms with van der Waals surface area (Å²) < 4.78 is 38.0. The molecule has 1 atom stereocenters. The molecule has 1 unspecified atom stereocenters. The molecule has 0 aliphatic carbocycles. The highest BCUT2D eigenvalue weighted by molar-refractivity contribution is 5.98. The predicted octanol–water partition coefficient (Wildman–Crippen LogP) is 3.22. The summed E-state index contributed by atoms with van der Waals surface area (Å²) in [5.74, 6) is -1.63. The van der Waals surface area contributed by atoms with Crippen molar-refractivity contribution in [1.29, 1.82) is 0 Å². The van der Waals surface area contributed by atoms with Crippen molar-refractivity contribution < 1.29 is 27.9 Å². The van der Waals surface area contributed by atoms with Crippen LogP contribution in [0.1, 0.15) is 44.8 Å². The molecule has 2 aromatic rings. The Morgan fingerprint density at radius 3 is 2.59 bits per heavy atom. The van der Waals surface area contributed by atoms with E-state index in [1.807, 2.05) is 4.90 Å². The zero-order valence-corrected chi connectivity index (χ0v) is 14.3. The zero-order chi connectivity index (χ0) is 19.6. The van der Waals surface area contributed by atoms with E-state index in [1.54, 1.807) is 0 Å². The Morgan fingerprint density at radius 2 is 1.96 bits per heavy atom. The van der Waals surface area contributed by atoms with Crippen molar-refractivity contribution in [1.82, 2.24) is 15.1 Å². The van der Waals surface area contributed by atoms with E-state index in [-0.39, 0.29) is 23.0 Å². The van der Waals surface area contributed by atoms with E-state index in [1.165, 1.54) is 18.3 Å². The monoisotopic (exact) mass is 381 g/mol. The van der Waals surface area contributed by atoms with Gasteiger partial charge in [-0.2, -0.15) is 18.3 Å². The molecule has 1 aromatic carbocycles. The molecule has 6 nitrogen and oxygen atoms in total. The summed E-state index contributed by atoms with van der Waals surface area (Å²) in [7, 11) is 0. The van der Waals surface area contributed by atoms with Crippen molar-refractivity contribution >= 4 is 11.8 Å². The number of benzene rings is 1. The fourth-order valence-electron chi connectivity index (χ4n) is 3.33. The number of halogens is 3. The van der Waals surface area contributed by atoms with Crippen LogP contribution >= 0.6 is 0 Å². The van der Waals surface area contributed by atoms with Gasteiger partial charge in [-0.3, -0.25) is 14.8 Å². The maximum Gasteiger partial charge on any atom is 0.416 e. The van der Waals surface area contributed by atoms with Crippen LogP contribution in [0.5, 0.6) is 0 Å². The van der Waals surface area contributed by atoms with Gasteiger partial charge in [-0.1, -0.05) is 12.1 Å². The number of H-pyrrole nitrogens is 1. The number of hydrogen-bond donors (Lipinski definition) is 2. The largest absolute Gasteiger partial charge is 0.477 e. The Bertz CT molecular complexity index is 830. The third-order valence-corrected chi connectivity index (χ3v) is 4.70. The predicted molar refractivity (Wildman–Crippen MR) is 89.3 cm³/mol. The summed E-state index contributed by atoms with van der Waals surface area (Å²) >= 11 is 0. The minimum Gasteiger partial charge on any atom is -0.477 e. The van der Waals surface area contributed by atoms with Crippen molar-refractivity contribution in [2.24, 2.45) is 5.92 Å². The number of aromatic carboxylic acids is 1. The number of carboxylic acids is 1. The highest BCUT2D eigenvalue weighted by Gasteiger charge is 2.31. The van der Waals surface area contributed by atoms with Crippen LogP contribution in [0.2, 0.25) is 0 Å². The first-order valence-electron chi connectivity index (χ1n) is 8.45. The number of hydrogen-bond acceptors (Lipinski definition) is 4. The van der Waals surface area contributed by atoms with Crippen LogP contribution in [-0.4, -0.2) is 45.0 Å². The molecule has 1 saturated heterocycles. The summed E-state index contributed by atoms with van der Waals surface area (Å²) in [6.45, 7) is 1.47. The van der Waals surface area contributed by atoms with Crippen molar-refractivity contribution in [2.45, 2.75) is 25.6 Å². The first kappa shape index (κ1) is 19.1. The van der Waals surface area contributed by atoms with Crippen molar-refractivity contribution in [3.8, 4) is 0 Å². The average Bonchev–Trinajstić information content (AvgIpc) is 3.09. The lowest BCUT2D eigenvalue weighted by Gasteiger charge is -2.31. The molecule has 2 heterocycles. The van der Waals surface area contributed by atoms with Crippen LogP contribution in [0.4, 0.5) is 13.2 Å². The maximum atomic E-state index is 12.7. The second-order valence-electron chi connectivity index (χ2n) is 6.59. The second-order valence-corrected chi connectivity index (χ2v) is 6.59. The smallest absolute Gasteiger partial charge is 0.416 e. The first-order valence-corrected chi connectivity index (χ1v) is 8.45. The van der Waals surface area contributed by atoms with Gasteiger partial charge in [0.1, 0.15) is 5.69 Å². The van der Waals surface area contributed by atoms with E-state index >= 15 is 0 Å². The van der Waals surface area contributed by atoms with Gasteiger partial charge in [-0.25, -0.2) is 4.79 Å². The molecule has 0 radical (unpaired) electrons. The maximum absolute atomic E-state index is 12.7. The number of nitrogens with zero attached hydrogens (tertiary/aromatic N) is 2. The molecule has 1 aliphatic heterocycles. The van der Waals surface area contributed by atoms with E-state index in [9.17, 15) is 22.8 Å². The van der Waals surface area contributed by atoms with Crippen LogP contribution in [0, 0.1) is 5.92 Å². The summed E-state index contributed by atoms with van der Waals surface area (Å²) in [5, 5.41) is 15.3. The number of alkyl halides is 3. The molecule has 0 bridgehead atoms. The second kappa shape index (κ2) is 7.51. The fraction of sp³-hybridized carbons (Fsp3) is 0.389. The van der Waals surface area contributed by atoms with Gasteiger partial charge in [-0.05, 0) is 31.5 Å². The Hall–Kier alpha value is -2.68. The number of Topliss-reactive ketones (excluding diaryl/α,β-unsaturated/α-hetero) is 1. The zero-order valence-electron chi connectivity index (χ0n) is 14.3. The number of carboxylic acid groups (broad SMARTS) is 1. The van der Waals surface area contributed by atoms with Gasteiger partial charge in [0, 0.05) is 30.1 Å². The lowest BCUT2D eigenvalue weighted by atomic mass is 9.89. The topological polar surface area (TPSA) is 86.3 Å². The number of aromatic nitrogens is 2. The van der Waals surface area contributed by atoms with Crippen LogP contribution in [0.15, 0.2) is 30.5 Å². The van der Waals surface area contributed by atoms with Gasteiger partial charge in [0.2, 0.25) is 0 Å². The molecule has 1 aromatic heterocycles.